The molecule has 0 unspecified atom stereocenters. The van der Waals surface area contributed by atoms with Gasteiger partial charge in [0.15, 0.2) is 0 Å². The summed E-state index contributed by atoms with van der Waals surface area (Å²) >= 11 is 1.72. The van der Waals surface area contributed by atoms with E-state index >= 15 is 0 Å². The summed E-state index contributed by atoms with van der Waals surface area (Å²) in [4.78, 5) is 11.4. The van der Waals surface area contributed by atoms with E-state index in [9.17, 15) is 10.1 Å². The van der Waals surface area contributed by atoms with Gasteiger partial charge in [0.2, 0.25) is 0 Å². The second kappa shape index (κ2) is 7.25. The third kappa shape index (κ3) is 2.81. The fourth-order valence-electron chi connectivity index (χ4n) is 4.10. The number of allylic oxidation sites excluding steroid dienone is 2. The van der Waals surface area contributed by atoms with E-state index in [2.05, 4.69) is 43.0 Å². The van der Waals surface area contributed by atoms with Crippen molar-refractivity contribution in [3.8, 4) is 11.1 Å². The molecule has 0 saturated carbocycles. The van der Waals surface area contributed by atoms with Crippen LogP contribution in [0.1, 0.15) is 5.56 Å². The Kier molecular flexibility index (Phi) is 4.42. The van der Waals surface area contributed by atoms with Crippen LogP contribution in [0.15, 0.2) is 91.5 Å². The minimum absolute atomic E-state index is 0.123. The van der Waals surface area contributed by atoms with Crippen LogP contribution in [0, 0.1) is 10.1 Å². The van der Waals surface area contributed by atoms with Crippen LogP contribution in [0.5, 0.6) is 0 Å². The lowest BCUT2D eigenvalue weighted by molar-refractivity contribution is -0.384. The monoisotopic (exact) mass is 407 g/mol. The Bertz CT molecular complexity index is 1490. The van der Waals surface area contributed by atoms with E-state index in [1.165, 1.54) is 15.5 Å². The van der Waals surface area contributed by atoms with Gasteiger partial charge < -0.3 is 0 Å². The summed E-state index contributed by atoms with van der Waals surface area (Å²) in [5, 5.41) is 16.2. The van der Waals surface area contributed by atoms with Crippen LogP contribution in [-0.2, 0) is 0 Å². The number of fused-ring (bicyclic) bond motifs is 5. The highest BCUT2D eigenvalue weighted by Crippen LogP contribution is 2.45. The lowest BCUT2D eigenvalue weighted by atomic mass is 9.93. The van der Waals surface area contributed by atoms with Crippen molar-refractivity contribution in [2.45, 2.75) is 0 Å². The Hall–Kier alpha value is -3.76. The lowest BCUT2D eigenvalue weighted by Gasteiger charge is -2.10. The van der Waals surface area contributed by atoms with Crippen LogP contribution in [0.2, 0.25) is 0 Å². The molecule has 0 spiro atoms. The SMILES string of the molecule is C=C/C=C\c1cccc2sc3cc(-c4ccccc4[N+](=O)[O-])c4ccccc4c3c12. The third-order valence-electron chi connectivity index (χ3n) is 5.34. The van der Waals surface area contributed by atoms with Gasteiger partial charge in [-0.3, -0.25) is 10.1 Å². The fourth-order valence-corrected chi connectivity index (χ4v) is 5.30. The molecule has 0 aliphatic carbocycles. The van der Waals surface area contributed by atoms with Crippen molar-refractivity contribution in [3.05, 3.63) is 107 Å². The van der Waals surface area contributed by atoms with Gasteiger partial charge in [0.25, 0.3) is 5.69 Å². The summed E-state index contributed by atoms with van der Waals surface area (Å²) in [5.74, 6) is 0. The zero-order valence-corrected chi connectivity index (χ0v) is 16.9. The molecule has 1 aromatic heterocycles. The van der Waals surface area contributed by atoms with Crippen LogP contribution in [0.4, 0.5) is 5.69 Å². The Morgan fingerprint density at radius 1 is 0.833 bits per heavy atom. The van der Waals surface area contributed by atoms with Gasteiger partial charge in [0, 0.05) is 26.2 Å². The number of thiophene rings is 1. The van der Waals surface area contributed by atoms with Crippen LogP contribution in [-0.4, -0.2) is 4.92 Å². The number of nitrogens with zero attached hydrogens (tertiary/aromatic N) is 1. The topological polar surface area (TPSA) is 43.1 Å². The molecular formula is C26H17NO2S. The highest BCUT2D eigenvalue weighted by molar-refractivity contribution is 7.26. The van der Waals surface area contributed by atoms with E-state index in [4.69, 9.17) is 0 Å². The van der Waals surface area contributed by atoms with Crippen molar-refractivity contribution < 1.29 is 4.92 Å². The van der Waals surface area contributed by atoms with Crippen molar-refractivity contribution in [2.75, 3.05) is 0 Å². The number of nitro benzene ring substituents is 1. The molecule has 5 rings (SSSR count). The van der Waals surface area contributed by atoms with E-state index < -0.39 is 0 Å². The molecule has 1 heterocycles. The number of benzene rings is 4. The maximum atomic E-state index is 11.7. The summed E-state index contributed by atoms with van der Waals surface area (Å²) in [7, 11) is 0. The maximum Gasteiger partial charge on any atom is 0.277 e. The Balaban J connectivity index is 1.95. The molecule has 4 heteroatoms. The Labute approximate surface area is 177 Å². The van der Waals surface area contributed by atoms with Crippen LogP contribution in [0.3, 0.4) is 0 Å². The molecule has 0 atom stereocenters. The third-order valence-corrected chi connectivity index (χ3v) is 6.44. The van der Waals surface area contributed by atoms with Gasteiger partial charge in [-0.15, -0.1) is 11.3 Å². The van der Waals surface area contributed by atoms with Crippen LogP contribution in [0.25, 0.3) is 48.1 Å². The Morgan fingerprint density at radius 2 is 1.60 bits per heavy atom. The second-order valence-corrected chi connectivity index (χ2v) is 8.12. The van der Waals surface area contributed by atoms with Gasteiger partial charge in [0.1, 0.15) is 0 Å². The molecule has 0 bridgehead atoms. The molecule has 144 valence electrons. The molecule has 4 aromatic carbocycles. The molecule has 0 saturated heterocycles. The van der Waals surface area contributed by atoms with E-state index in [0.717, 1.165) is 26.6 Å². The summed E-state index contributed by atoms with van der Waals surface area (Å²) < 4.78 is 2.32. The van der Waals surface area contributed by atoms with E-state index in [-0.39, 0.29) is 10.6 Å². The average molecular weight is 407 g/mol. The highest BCUT2D eigenvalue weighted by Gasteiger charge is 2.19. The maximum absolute atomic E-state index is 11.7. The normalized spacial score (nSPS) is 11.6. The minimum atomic E-state index is -0.308. The summed E-state index contributed by atoms with van der Waals surface area (Å²) in [5.41, 5.74) is 2.80. The van der Waals surface area contributed by atoms with Gasteiger partial charge in [-0.2, -0.15) is 0 Å². The molecule has 0 N–H and O–H groups in total. The molecule has 0 radical (unpaired) electrons. The molecule has 0 amide bonds. The zero-order chi connectivity index (χ0) is 20.7. The lowest BCUT2D eigenvalue weighted by Crippen LogP contribution is -1.92. The molecule has 3 nitrogen and oxygen atoms in total. The van der Waals surface area contributed by atoms with Gasteiger partial charge in [0.05, 0.1) is 10.5 Å². The van der Waals surface area contributed by atoms with Crippen molar-refractivity contribution in [1.29, 1.82) is 0 Å². The van der Waals surface area contributed by atoms with Gasteiger partial charge in [-0.25, -0.2) is 0 Å². The first kappa shape index (κ1) is 18.3. The highest BCUT2D eigenvalue weighted by atomic mass is 32.1. The molecule has 5 aromatic rings. The van der Waals surface area contributed by atoms with Crippen LogP contribution >= 0.6 is 11.3 Å². The smallest absolute Gasteiger partial charge is 0.258 e. The van der Waals surface area contributed by atoms with Crippen molar-refractivity contribution in [1.82, 2.24) is 0 Å². The summed E-state index contributed by atoms with van der Waals surface area (Å²) in [6.07, 6.45) is 5.80. The quantitative estimate of drug-likeness (QED) is 0.172. The van der Waals surface area contributed by atoms with Gasteiger partial charge in [-0.05, 0) is 40.1 Å². The number of hydrogen-bond acceptors (Lipinski definition) is 3. The molecule has 0 aliphatic rings. The summed E-state index contributed by atoms with van der Waals surface area (Å²) in [6, 6.07) is 23.5. The van der Waals surface area contributed by atoms with Gasteiger partial charge in [-0.1, -0.05) is 73.3 Å². The molecule has 0 aliphatic heterocycles. The fraction of sp³-hybridized carbons (Fsp3) is 0. The molecule has 30 heavy (non-hydrogen) atoms. The first-order valence-corrected chi connectivity index (χ1v) is 10.4. The molecule has 0 fully saturated rings. The first-order valence-electron chi connectivity index (χ1n) is 9.59. The standard InChI is InChI=1S/C26H17NO2S/c1-2-3-9-17-10-8-15-23-25(17)26-20-13-5-4-11-18(20)21(16-24(26)30-23)19-12-6-7-14-22(19)27(28)29/h2-16H,1H2/b9-3-. The molecular weight excluding hydrogens is 390 g/mol. The number of para-hydroxylation sites is 1. The number of rotatable bonds is 4. The zero-order valence-electron chi connectivity index (χ0n) is 16.0. The second-order valence-electron chi connectivity index (χ2n) is 7.03. The van der Waals surface area contributed by atoms with E-state index in [0.29, 0.717) is 5.56 Å². The predicted octanol–water partition coefficient (Wildman–Crippen LogP) is 7.98. The Morgan fingerprint density at radius 3 is 2.40 bits per heavy atom. The largest absolute Gasteiger partial charge is 0.277 e. The average Bonchev–Trinajstić information content (AvgIpc) is 3.16. The number of nitro groups is 1. The van der Waals surface area contributed by atoms with Crippen molar-refractivity contribution >= 4 is 54.0 Å². The minimum Gasteiger partial charge on any atom is -0.258 e. The van der Waals surface area contributed by atoms with Crippen LogP contribution < -0.4 is 0 Å². The van der Waals surface area contributed by atoms with E-state index in [1.54, 1.807) is 29.5 Å². The van der Waals surface area contributed by atoms with Crippen molar-refractivity contribution in [2.24, 2.45) is 0 Å². The van der Waals surface area contributed by atoms with Crippen molar-refractivity contribution in [3.63, 3.8) is 0 Å². The first-order chi connectivity index (χ1) is 14.7. The summed E-state index contributed by atoms with van der Waals surface area (Å²) in [6.45, 7) is 3.78. The number of hydrogen-bond donors (Lipinski definition) is 0. The van der Waals surface area contributed by atoms with E-state index in [1.807, 2.05) is 36.4 Å². The van der Waals surface area contributed by atoms with Gasteiger partial charge >= 0.3 is 0 Å². The predicted molar refractivity (Wildman–Crippen MR) is 128 cm³/mol.